The lowest BCUT2D eigenvalue weighted by molar-refractivity contribution is 0.252. The zero-order valence-electron chi connectivity index (χ0n) is 11.0. The van der Waals surface area contributed by atoms with Crippen LogP contribution in [0.5, 0.6) is 0 Å². The summed E-state index contributed by atoms with van der Waals surface area (Å²) in [6, 6.07) is 2.56. The lowest BCUT2D eigenvalue weighted by Crippen LogP contribution is -2.42. The van der Waals surface area contributed by atoms with Gasteiger partial charge in [-0.3, -0.25) is 0 Å². The fraction of sp³-hybridized carbons (Fsp3) is 0.615. The van der Waals surface area contributed by atoms with Crippen molar-refractivity contribution in [3.8, 4) is 0 Å². The Morgan fingerprint density at radius 1 is 1.41 bits per heavy atom. The largest absolute Gasteiger partial charge is 0.398 e. The Labute approximate surface area is 103 Å². The van der Waals surface area contributed by atoms with E-state index in [9.17, 15) is 0 Å². The maximum absolute atomic E-state index is 5.94. The Kier molecular flexibility index (Phi) is 3.52. The number of rotatable bonds is 2. The number of anilines is 2. The van der Waals surface area contributed by atoms with Gasteiger partial charge in [0.2, 0.25) is 0 Å². The minimum absolute atomic E-state index is 0.584. The monoisotopic (exact) mass is 234 g/mol. The minimum Gasteiger partial charge on any atom is -0.398 e. The lowest BCUT2D eigenvalue weighted by atomic mass is 10.0. The first-order valence-electron chi connectivity index (χ1n) is 6.21. The normalized spacial score (nSPS) is 18.3. The Morgan fingerprint density at radius 2 is 2.06 bits per heavy atom. The van der Waals surface area contributed by atoms with Crippen molar-refractivity contribution in [3.05, 3.63) is 17.8 Å². The number of nitrogen functional groups attached to an aromatic ring is 1. The fourth-order valence-electron chi connectivity index (χ4n) is 2.29. The first kappa shape index (κ1) is 12.2. The zero-order chi connectivity index (χ0) is 12.4. The highest BCUT2D eigenvalue weighted by atomic mass is 15.2. The molecule has 1 fully saturated rings. The van der Waals surface area contributed by atoms with E-state index in [0.29, 0.717) is 6.04 Å². The molecule has 1 aliphatic heterocycles. The van der Waals surface area contributed by atoms with Crippen LogP contribution < -0.4 is 10.6 Å². The van der Waals surface area contributed by atoms with Gasteiger partial charge in [0, 0.05) is 31.0 Å². The van der Waals surface area contributed by atoms with Crippen LogP contribution in [-0.2, 0) is 0 Å². The van der Waals surface area contributed by atoms with Crippen LogP contribution >= 0.6 is 0 Å². The van der Waals surface area contributed by atoms with Crippen molar-refractivity contribution in [2.45, 2.75) is 25.8 Å². The second-order valence-corrected chi connectivity index (χ2v) is 5.04. The molecule has 1 aromatic rings. The Balaban J connectivity index is 2.08. The van der Waals surface area contributed by atoms with Crippen LogP contribution in [0.15, 0.2) is 12.3 Å². The molecule has 0 aromatic carbocycles. The first-order chi connectivity index (χ1) is 8.08. The number of aromatic nitrogens is 1. The molecule has 4 heteroatoms. The van der Waals surface area contributed by atoms with Gasteiger partial charge in [-0.05, 0) is 45.5 Å². The Morgan fingerprint density at radius 3 is 2.65 bits per heavy atom. The quantitative estimate of drug-likeness (QED) is 0.842. The summed E-state index contributed by atoms with van der Waals surface area (Å²) in [5, 5.41) is 0. The molecule has 0 unspecified atom stereocenters. The zero-order valence-corrected chi connectivity index (χ0v) is 11.0. The maximum atomic E-state index is 5.94. The van der Waals surface area contributed by atoms with E-state index in [1.807, 2.05) is 19.2 Å². The summed E-state index contributed by atoms with van der Waals surface area (Å²) in [6.07, 6.45) is 4.25. The van der Waals surface area contributed by atoms with Gasteiger partial charge >= 0.3 is 0 Å². The number of likely N-dealkylation sites (tertiary alicyclic amines) is 1. The van der Waals surface area contributed by atoms with E-state index in [-0.39, 0.29) is 0 Å². The Bertz CT molecular complexity index is 383. The SMILES string of the molecule is Cc1cnc(N(C)C2CCN(C)CC2)cc1N. The van der Waals surface area contributed by atoms with Crippen LogP contribution in [0.25, 0.3) is 0 Å². The predicted molar refractivity (Wildman–Crippen MR) is 72.3 cm³/mol. The summed E-state index contributed by atoms with van der Waals surface area (Å²) < 4.78 is 0. The number of nitrogens with zero attached hydrogens (tertiary/aromatic N) is 3. The van der Waals surface area contributed by atoms with Crippen molar-refractivity contribution in [1.82, 2.24) is 9.88 Å². The van der Waals surface area contributed by atoms with Crippen LogP contribution in [0, 0.1) is 6.92 Å². The highest BCUT2D eigenvalue weighted by molar-refractivity contribution is 5.54. The smallest absolute Gasteiger partial charge is 0.130 e. The highest BCUT2D eigenvalue weighted by Gasteiger charge is 2.21. The van der Waals surface area contributed by atoms with Gasteiger partial charge in [-0.15, -0.1) is 0 Å². The van der Waals surface area contributed by atoms with Crippen LogP contribution in [0.3, 0.4) is 0 Å². The lowest BCUT2D eigenvalue weighted by Gasteiger charge is -2.35. The molecule has 1 saturated heterocycles. The van der Waals surface area contributed by atoms with Crippen LogP contribution in [0.2, 0.25) is 0 Å². The van der Waals surface area contributed by atoms with Gasteiger partial charge < -0.3 is 15.5 Å². The van der Waals surface area contributed by atoms with Gasteiger partial charge in [0.1, 0.15) is 5.82 Å². The third-order valence-electron chi connectivity index (χ3n) is 3.73. The number of piperidine rings is 1. The summed E-state index contributed by atoms with van der Waals surface area (Å²) in [5.74, 6) is 0.989. The summed E-state index contributed by atoms with van der Waals surface area (Å²) in [4.78, 5) is 9.11. The van der Waals surface area contributed by atoms with E-state index in [1.165, 1.54) is 12.8 Å². The van der Waals surface area contributed by atoms with E-state index in [1.54, 1.807) is 0 Å². The molecule has 2 heterocycles. The number of pyridine rings is 1. The molecule has 1 aromatic heterocycles. The number of aryl methyl sites for hydroxylation is 1. The standard InChI is InChI=1S/C13H22N4/c1-10-9-15-13(8-12(10)14)17(3)11-4-6-16(2)7-5-11/h8-9,11H,4-7H2,1-3H3,(H2,14,15). The molecular weight excluding hydrogens is 212 g/mol. The van der Waals surface area contributed by atoms with Crippen molar-refractivity contribution in [1.29, 1.82) is 0 Å². The predicted octanol–water partition coefficient (Wildman–Crippen LogP) is 1.50. The number of hydrogen-bond acceptors (Lipinski definition) is 4. The second-order valence-electron chi connectivity index (χ2n) is 5.04. The third kappa shape index (κ3) is 2.69. The first-order valence-corrected chi connectivity index (χ1v) is 6.21. The van der Waals surface area contributed by atoms with Gasteiger partial charge in [0.25, 0.3) is 0 Å². The van der Waals surface area contributed by atoms with Gasteiger partial charge in [-0.1, -0.05) is 0 Å². The molecule has 17 heavy (non-hydrogen) atoms. The van der Waals surface area contributed by atoms with Gasteiger partial charge in [-0.25, -0.2) is 4.98 Å². The van der Waals surface area contributed by atoms with Crippen molar-refractivity contribution in [3.63, 3.8) is 0 Å². The highest BCUT2D eigenvalue weighted by Crippen LogP contribution is 2.22. The second kappa shape index (κ2) is 4.92. The molecule has 94 valence electrons. The molecule has 0 amide bonds. The third-order valence-corrected chi connectivity index (χ3v) is 3.73. The summed E-state index contributed by atoms with van der Waals surface area (Å²) in [5.41, 5.74) is 7.81. The molecule has 2 rings (SSSR count). The number of nitrogens with two attached hydrogens (primary N) is 1. The molecule has 0 spiro atoms. The van der Waals surface area contributed by atoms with E-state index in [4.69, 9.17) is 5.73 Å². The Hall–Kier alpha value is -1.29. The topological polar surface area (TPSA) is 45.4 Å². The molecule has 1 aliphatic rings. The summed E-state index contributed by atoms with van der Waals surface area (Å²) in [7, 11) is 4.30. The van der Waals surface area contributed by atoms with E-state index < -0.39 is 0 Å². The van der Waals surface area contributed by atoms with Crippen molar-refractivity contribution in [2.24, 2.45) is 0 Å². The van der Waals surface area contributed by atoms with Crippen LogP contribution in [-0.4, -0.2) is 43.1 Å². The summed E-state index contributed by atoms with van der Waals surface area (Å²) >= 11 is 0. The summed E-state index contributed by atoms with van der Waals surface area (Å²) in [6.45, 7) is 4.31. The van der Waals surface area contributed by atoms with E-state index in [0.717, 1.165) is 30.2 Å². The van der Waals surface area contributed by atoms with Crippen LogP contribution in [0.4, 0.5) is 11.5 Å². The van der Waals surface area contributed by atoms with Crippen LogP contribution in [0.1, 0.15) is 18.4 Å². The van der Waals surface area contributed by atoms with Crippen molar-refractivity contribution < 1.29 is 0 Å². The van der Waals surface area contributed by atoms with Gasteiger partial charge in [0.05, 0.1) is 0 Å². The molecule has 0 radical (unpaired) electrons. The fourth-order valence-corrected chi connectivity index (χ4v) is 2.29. The average Bonchev–Trinajstić information content (AvgIpc) is 2.33. The van der Waals surface area contributed by atoms with Crippen molar-refractivity contribution in [2.75, 3.05) is 37.8 Å². The minimum atomic E-state index is 0.584. The molecule has 0 bridgehead atoms. The molecule has 0 aliphatic carbocycles. The van der Waals surface area contributed by atoms with Crippen molar-refractivity contribution >= 4 is 11.5 Å². The molecule has 4 nitrogen and oxygen atoms in total. The van der Waals surface area contributed by atoms with Gasteiger partial charge in [-0.2, -0.15) is 0 Å². The number of hydrogen-bond donors (Lipinski definition) is 1. The molecule has 0 atom stereocenters. The van der Waals surface area contributed by atoms with E-state index >= 15 is 0 Å². The maximum Gasteiger partial charge on any atom is 0.130 e. The van der Waals surface area contributed by atoms with E-state index in [2.05, 4.69) is 28.9 Å². The average molecular weight is 234 g/mol. The molecule has 0 saturated carbocycles. The molecular formula is C13H22N4. The van der Waals surface area contributed by atoms with Gasteiger partial charge in [0.15, 0.2) is 0 Å². The molecule has 2 N–H and O–H groups in total.